The van der Waals surface area contributed by atoms with E-state index >= 15 is 0 Å². The van der Waals surface area contributed by atoms with Gasteiger partial charge in [-0.1, -0.05) is 47.6 Å². The van der Waals surface area contributed by atoms with Gasteiger partial charge in [-0.2, -0.15) is 0 Å². The molecule has 0 radical (unpaired) electrons. The topological polar surface area (TPSA) is 35.5 Å². The SMILES string of the molecule is Cc1ccc(C=O)c(O[Si](C)(C)C(C)(C)C)c1O[Si](C)(C)C(C)(C)C. The van der Waals surface area contributed by atoms with Crippen molar-refractivity contribution in [1.29, 1.82) is 0 Å². The van der Waals surface area contributed by atoms with Gasteiger partial charge < -0.3 is 8.85 Å². The Morgan fingerprint density at radius 1 is 0.800 bits per heavy atom. The van der Waals surface area contributed by atoms with Crippen LogP contribution in [-0.4, -0.2) is 22.9 Å². The molecule has 142 valence electrons. The summed E-state index contributed by atoms with van der Waals surface area (Å²) in [5.41, 5.74) is 1.59. The van der Waals surface area contributed by atoms with Crippen LogP contribution in [0.5, 0.6) is 11.5 Å². The maximum atomic E-state index is 11.7. The van der Waals surface area contributed by atoms with E-state index in [2.05, 4.69) is 67.7 Å². The zero-order valence-electron chi connectivity index (χ0n) is 18.0. The monoisotopic (exact) mass is 380 g/mol. The van der Waals surface area contributed by atoms with Crippen molar-refractivity contribution in [2.75, 3.05) is 0 Å². The molecule has 0 heterocycles. The number of hydrogen-bond donors (Lipinski definition) is 0. The molecule has 0 amide bonds. The fourth-order valence-corrected chi connectivity index (χ4v) is 3.91. The number of benzene rings is 1. The summed E-state index contributed by atoms with van der Waals surface area (Å²) in [7, 11) is -4.14. The van der Waals surface area contributed by atoms with E-state index in [1.807, 2.05) is 19.1 Å². The molecule has 0 spiro atoms. The summed E-state index contributed by atoms with van der Waals surface area (Å²) in [6, 6.07) is 3.79. The van der Waals surface area contributed by atoms with Crippen LogP contribution in [0.4, 0.5) is 0 Å². The minimum atomic E-state index is -2.09. The van der Waals surface area contributed by atoms with E-state index < -0.39 is 16.6 Å². The Balaban J connectivity index is 3.51. The highest BCUT2D eigenvalue weighted by molar-refractivity contribution is 6.75. The molecule has 0 aromatic heterocycles. The maximum Gasteiger partial charge on any atom is 0.250 e. The second-order valence-corrected chi connectivity index (χ2v) is 19.4. The highest BCUT2D eigenvalue weighted by Crippen LogP contribution is 2.45. The van der Waals surface area contributed by atoms with Crippen molar-refractivity contribution in [3.05, 3.63) is 23.3 Å². The highest BCUT2D eigenvalue weighted by atomic mass is 28.4. The van der Waals surface area contributed by atoms with Crippen LogP contribution in [0.1, 0.15) is 57.5 Å². The van der Waals surface area contributed by atoms with Crippen molar-refractivity contribution in [3.63, 3.8) is 0 Å². The van der Waals surface area contributed by atoms with Crippen molar-refractivity contribution in [2.45, 2.75) is 84.7 Å². The van der Waals surface area contributed by atoms with Crippen molar-refractivity contribution in [3.8, 4) is 11.5 Å². The van der Waals surface area contributed by atoms with Gasteiger partial charge in [0.15, 0.2) is 12.0 Å². The van der Waals surface area contributed by atoms with Gasteiger partial charge in [-0.15, -0.1) is 0 Å². The van der Waals surface area contributed by atoms with E-state index in [0.29, 0.717) is 11.3 Å². The predicted molar refractivity (Wildman–Crippen MR) is 112 cm³/mol. The lowest BCUT2D eigenvalue weighted by Crippen LogP contribution is -2.46. The zero-order valence-corrected chi connectivity index (χ0v) is 20.0. The first kappa shape index (κ1) is 22.0. The van der Waals surface area contributed by atoms with Crippen LogP contribution in [0.3, 0.4) is 0 Å². The fraction of sp³-hybridized carbons (Fsp3) is 0.650. The van der Waals surface area contributed by atoms with Gasteiger partial charge in [0.25, 0.3) is 16.6 Å². The lowest BCUT2D eigenvalue weighted by molar-refractivity contribution is 0.112. The number of carbonyl (C=O) groups excluding carboxylic acids is 1. The molecule has 0 aliphatic carbocycles. The third kappa shape index (κ3) is 4.76. The number of aldehydes is 1. The van der Waals surface area contributed by atoms with E-state index in [-0.39, 0.29) is 10.1 Å². The molecule has 1 aromatic rings. The largest absolute Gasteiger partial charge is 0.541 e. The first-order valence-electron chi connectivity index (χ1n) is 9.00. The molecule has 0 aliphatic rings. The van der Waals surface area contributed by atoms with Crippen molar-refractivity contribution < 1.29 is 13.6 Å². The molecule has 25 heavy (non-hydrogen) atoms. The normalized spacial score (nSPS) is 13.6. The Hall–Kier alpha value is -1.08. The molecule has 0 bridgehead atoms. The lowest BCUT2D eigenvalue weighted by Gasteiger charge is -2.40. The Labute approximate surface area is 156 Å². The summed E-state index contributed by atoms with van der Waals surface area (Å²) in [5, 5.41) is 0.121. The smallest absolute Gasteiger partial charge is 0.250 e. The number of carbonyl (C=O) groups is 1. The first-order chi connectivity index (χ1) is 11.0. The van der Waals surface area contributed by atoms with E-state index in [9.17, 15) is 4.79 Å². The van der Waals surface area contributed by atoms with Crippen LogP contribution >= 0.6 is 0 Å². The summed E-state index contributed by atoms with van der Waals surface area (Å²) in [5.74, 6) is 1.38. The molecule has 0 unspecified atom stereocenters. The van der Waals surface area contributed by atoms with Gasteiger partial charge in [0, 0.05) is 0 Å². The minimum absolute atomic E-state index is 0.0468. The van der Waals surface area contributed by atoms with Gasteiger partial charge in [0.05, 0.1) is 5.56 Å². The average molecular weight is 381 g/mol. The molecule has 1 rings (SSSR count). The van der Waals surface area contributed by atoms with E-state index in [4.69, 9.17) is 8.85 Å². The van der Waals surface area contributed by atoms with Gasteiger partial charge in [-0.25, -0.2) is 0 Å². The quantitative estimate of drug-likeness (QED) is 0.428. The molecule has 0 saturated carbocycles. The summed E-state index contributed by atoms with van der Waals surface area (Å²) >= 11 is 0. The van der Waals surface area contributed by atoms with Crippen molar-refractivity contribution >= 4 is 22.9 Å². The van der Waals surface area contributed by atoms with Gasteiger partial charge in [0.2, 0.25) is 0 Å². The average Bonchev–Trinajstić information content (AvgIpc) is 2.40. The van der Waals surface area contributed by atoms with E-state index in [0.717, 1.165) is 17.6 Å². The van der Waals surface area contributed by atoms with Crippen LogP contribution in [-0.2, 0) is 0 Å². The second-order valence-electron chi connectivity index (χ2n) is 9.97. The standard InChI is InChI=1S/C20H36O3Si2/c1-15-12-13-16(14-21)18(23-25(10,11)20(5,6)7)17(15)22-24(8,9)19(2,3)4/h12-14H,1-11H3. The van der Waals surface area contributed by atoms with E-state index in [1.54, 1.807) is 0 Å². The van der Waals surface area contributed by atoms with Crippen LogP contribution in [0, 0.1) is 6.92 Å². The second kappa shape index (κ2) is 6.91. The first-order valence-corrected chi connectivity index (χ1v) is 14.8. The summed E-state index contributed by atoms with van der Waals surface area (Å²) < 4.78 is 13.2. The molecule has 5 heteroatoms. The molecule has 3 nitrogen and oxygen atoms in total. The summed E-state index contributed by atoms with van der Waals surface area (Å²) in [6.07, 6.45) is 0.875. The fourth-order valence-electron chi connectivity index (χ4n) is 1.82. The molecule has 0 saturated heterocycles. The summed E-state index contributed by atoms with van der Waals surface area (Å²) in [4.78, 5) is 11.7. The van der Waals surface area contributed by atoms with Crippen LogP contribution in [0.15, 0.2) is 12.1 Å². The van der Waals surface area contributed by atoms with Gasteiger partial charge in [-0.05, 0) is 54.8 Å². The molecule has 0 atom stereocenters. The van der Waals surface area contributed by atoms with Crippen molar-refractivity contribution in [2.24, 2.45) is 0 Å². The number of rotatable bonds is 5. The van der Waals surface area contributed by atoms with Crippen molar-refractivity contribution in [1.82, 2.24) is 0 Å². The molecular formula is C20H36O3Si2. The highest BCUT2D eigenvalue weighted by Gasteiger charge is 2.43. The van der Waals surface area contributed by atoms with Gasteiger partial charge in [0.1, 0.15) is 5.75 Å². The number of hydrogen-bond acceptors (Lipinski definition) is 3. The van der Waals surface area contributed by atoms with Gasteiger partial charge in [-0.3, -0.25) is 4.79 Å². The maximum absolute atomic E-state index is 11.7. The number of aryl methyl sites for hydroxylation is 1. The molecule has 0 N–H and O–H groups in total. The van der Waals surface area contributed by atoms with E-state index in [1.165, 1.54) is 0 Å². The molecule has 0 fully saturated rings. The zero-order chi connectivity index (χ0) is 19.8. The summed E-state index contributed by atoms with van der Waals surface area (Å²) in [6.45, 7) is 24.1. The Bertz CT molecular complexity index is 636. The Morgan fingerprint density at radius 2 is 1.20 bits per heavy atom. The molecule has 1 aromatic carbocycles. The van der Waals surface area contributed by atoms with Crippen LogP contribution in [0.2, 0.25) is 36.3 Å². The molecule has 0 aliphatic heterocycles. The minimum Gasteiger partial charge on any atom is -0.541 e. The van der Waals surface area contributed by atoms with Crippen LogP contribution in [0.25, 0.3) is 0 Å². The lowest BCUT2D eigenvalue weighted by atomic mass is 10.1. The molecular weight excluding hydrogens is 344 g/mol. The predicted octanol–water partition coefficient (Wildman–Crippen LogP) is 6.58. The Kier molecular flexibility index (Phi) is 6.07. The van der Waals surface area contributed by atoms with Gasteiger partial charge >= 0.3 is 0 Å². The van der Waals surface area contributed by atoms with Crippen LogP contribution < -0.4 is 8.85 Å². The third-order valence-electron chi connectivity index (χ3n) is 5.79. The third-order valence-corrected chi connectivity index (χ3v) is 14.4. The Morgan fingerprint density at radius 3 is 1.56 bits per heavy atom.